The lowest BCUT2D eigenvalue weighted by molar-refractivity contribution is -0.137. The fraction of sp³-hybridized carbons (Fsp3) is 0.0588. The van der Waals surface area contributed by atoms with Crippen molar-refractivity contribution in [2.75, 3.05) is 0 Å². The van der Waals surface area contributed by atoms with Crippen LogP contribution in [0.15, 0.2) is 422 Å². The molecular weight excluding hydrogens is 2160 g/mol. The maximum Gasteiger partial charge on any atom is 0.425 e. The van der Waals surface area contributed by atoms with E-state index in [0.29, 0.717) is 100 Å². The summed E-state index contributed by atoms with van der Waals surface area (Å²) in [6.45, 7) is 0. The number of benzene rings is 10. The van der Waals surface area contributed by atoms with Crippen molar-refractivity contribution in [3.8, 4) is 41.8 Å². The minimum atomic E-state index is -4.53. The summed E-state index contributed by atoms with van der Waals surface area (Å²) >= 11 is 18.1. The first-order chi connectivity index (χ1) is 68.5. The molecule has 0 radical (unpaired) electrons. The van der Waals surface area contributed by atoms with Crippen LogP contribution in [-0.4, -0.2) is 125 Å². The number of hydrogen-bond donors (Lipinski definition) is 9. The molecular formula is C102H79ClO28S14+2. The van der Waals surface area contributed by atoms with Crippen molar-refractivity contribution in [2.24, 2.45) is 0 Å². The third-order valence-corrected chi connectivity index (χ3v) is 32.8. The maximum absolute atomic E-state index is 12.1. The summed E-state index contributed by atoms with van der Waals surface area (Å²) < 4.78 is 253. The van der Waals surface area contributed by atoms with Crippen molar-refractivity contribution in [1.82, 2.24) is 0 Å². The van der Waals surface area contributed by atoms with Gasteiger partial charge in [-0.3, -0.25) is 36.9 Å². The Kier molecular flexibility index (Phi) is 38.1. The van der Waals surface area contributed by atoms with Gasteiger partial charge in [-0.2, -0.15) is 50.5 Å². The smallest absolute Gasteiger partial charge is 0.425 e. The minimum absolute atomic E-state index is 0.0774. The molecule has 4 heterocycles. The van der Waals surface area contributed by atoms with Crippen LogP contribution in [0.5, 0.6) is 0 Å². The summed E-state index contributed by atoms with van der Waals surface area (Å²) in [4.78, 5) is 28.8. The molecule has 0 saturated heterocycles. The summed E-state index contributed by atoms with van der Waals surface area (Å²) in [6.07, 6.45) is 25.6. The van der Waals surface area contributed by atoms with Crippen LogP contribution < -0.4 is 0 Å². The van der Waals surface area contributed by atoms with Crippen LogP contribution in [0, 0.1) is 0 Å². The van der Waals surface area contributed by atoms with Gasteiger partial charge in [0.25, 0.3) is 60.7 Å². The van der Waals surface area contributed by atoms with Crippen molar-refractivity contribution in [1.29, 1.82) is 0 Å². The van der Waals surface area contributed by atoms with E-state index in [1.807, 2.05) is 158 Å². The summed E-state index contributed by atoms with van der Waals surface area (Å²) in [5, 5.41) is 18.4. The van der Waals surface area contributed by atoms with Crippen molar-refractivity contribution in [3.05, 3.63) is 428 Å². The Morgan fingerprint density at radius 3 is 0.938 bits per heavy atom. The standard InChI is InChI=1S/C51H38O11S6.C43H31ClO9S5.C8H8O2S.2O3S/c52-50(53)29-33-17-23-42(24-18-33)63-51-37(19-15-34-25-46(36-7-2-1-3-8-36)64-47(26-34)39-9-4-12-43(30-39)66(54,55)56)21-22-38(51)20-16-35-27-48(40-10-5-13-44(31-40)67(57,58)59)65-49(28-35)41-11-6-14-45(32-41)68(60,61)62;44-43-31(17-15-28-21-39(30-7-2-1-3-8-30)54-40(22-28)33-9-4-12-36(25-33)56(45,46)47)19-20-32(43)18-16-29-23-41(34-10-5-13-37(26-34)57(48,49)50)55-42(24-29)35-11-6-14-38(27-35)58(51,52)53;9-8(10)5-6-1-3-7(11)4-2-6;2*1-4(2)3/h1-20,23-28,30-32H,21-22,29H2,(H3-,52,53,54,55,56,57,58,59,60,61,62);1-18,21-27H,19-20H2,(H2-,45,46,47,48,49,50,51,52,53);1-4,11H,5H2,(H,9,10);;/p+2. The molecule has 0 saturated carbocycles. The van der Waals surface area contributed by atoms with Gasteiger partial charge in [-0.15, -0.1) is 37.9 Å². The quantitative estimate of drug-likeness (QED) is 0.0138. The zero-order chi connectivity index (χ0) is 105. The highest BCUT2D eigenvalue weighted by molar-refractivity contribution is 8.17. The molecule has 2 aliphatic carbocycles. The molecule has 0 unspecified atom stereocenters. The zero-order valence-corrected chi connectivity index (χ0v) is 86.9. The van der Waals surface area contributed by atoms with Crippen LogP contribution in [0.4, 0.5) is 0 Å². The van der Waals surface area contributed by atoms with Gasteiger partial charge in [-0.25, -0.2) is 0 Å². The Hall–Kier alpha value is -12.5. The van der Waals surface area contributed by atoms with E-state index in [2.05, 4.69) is 24.8 Å². The number of rotatable bonds is 26. The molecule has 10 aromatic carbocycles. The Labute approximate surface area is 869 Å². The first kappa shape index (κ1) is 111. The van der Waals surface area contributed by atoms with Gasteiger partial charge < -0.3 is 10.2 Å². The molecule has 2 aromatic heterocycles. The Bertz CT molecular complexity index is 8290. The first-order valence-corrected chi connectivity index (χ1v) is 57.7. The molecule has 4 aliphatic rings. The van der Waals surface area contributed by atoms with E-state index in [1.54, 1.807) is 84.9 Å². The molecule has 28 nitrogen and oxygen atoms in total. The molecule has 8 N–H and O–H groups in total. The van der Waals surface area contributed by atoms with E-state index in [4.69, 9.17) is 42.0 Å². The molecule has 744 valence electrons. The van der Waals surface area contributed by atoms with Gasteiger partial charge in [0.2, 0.25) is 42.2 Å². The summed E-state index contributed by atoms with van der Waals surface area (Å²) in [5.74, 6) is -1.74. The molecule has 12 aromatic rings. The number of allylic oxidation sites excluding steroid dienone is 17. The molecule has 0 bridgehead atoms. The number of hydrogen-bond acceptors (Lipinski definition) is 24. The van der Waals surface area contributed by atoms with Crippen LogP contribution in [-0.2, 0) is 104 Å². The van der Waals surface area contributed by atoms with Crippen LogP contribution in [0.1, 0.15) is 70.2 Å². The predicted octanol–water partition coefficient (Wildman–Crippen LogP) is 22.9. The summed E-state index contributed by atoms with van der Waals surface area (Å²) in [6, 6.07) is 77.8. The van der Waals surface area contributed by atoms with Gasteiger partial charge in [0.1, 0.15) is 0 Å². The fourth-order valence-electron chi connectivity index (χ4n) is 14.4. The number of thioether (sulfide) groups is 3. The second-order valence-corrected chi connectivity index (χ2v) is 46.9. The Balaban J connectivity index is 0.000000220. The van der Waals surface area contributed by atoms with E-state index in [1.165, 1.54) is 155 Å². The highest BCUT2D eigenvalue weighted by Crippen LogP contribution is 2.50. The minimum Gasteiger partial charge on any atom is -0.481 e. The van der Waals surface area contributed by atoms with Gasteiger partial charge >= 0.3 is 33.2 Å². The Morgan fingerprint density at radius 2 is 0.614 bits per heavy atom. The lowest BCUT2D eigenvalue weighted by Gasteiger charge is -2.18. The summed E-state index contributed by atoms with van der Waals surface area (Å²) in [5.41, 5.74) is 13.5. The van der Waals surface area contributed by atoms with Crippen molar-refractivity contribution in [3.63, 3.8) is 0 Å². The van der Waals surface area contributed by atoms with Crippen LogP contribution in [0.25, 0.3) is 73.5 Å². The average molecular weight is 2240 g/mol. The third kappa shape index (κ3) is 33.3. The highest BCUT2D eigenvalue weighted by atomic mass is 35.5. The van der Waals surface area contributed by atoms with Crippen LogP contribution in [0.3, 0.4) is 0 Å². The van der Waals surface area contributed by atoms with E-state index >= 15 is 0 Å². The third-order valence-electron chi connectivity index (χ3n) is 21.0. The van der Waals surface area contributed by atoms with Gasteiger partial charge in [-0.1, -0.05) is 217 Å². The van der Waals surface area contributed by atoms with Crippen LogP contribution >= 0.6 is 82.2 Å². The molecule has 145 heavy (non-hydrogen) atoms. The lowest BCUT2D eigenvalue weighted by Crippen LogP contribution is -2.00. The number of carbonyl (C=O) groups is 2. The van der Waals surface area contributed by atoms with E-state index in [9.17, 15) is 92.5 Å². The largest absolute Gasteiger partial charge is 0.481 e. The lowest BCUT2D eigenvalue weighted by atomic mass is 10.1. The molecule has 43 heteroatoms. The van der Waals surface area contributed by atoms with E-state index in [-0.39, 0.29) is 42.2 Å². The van der Waals surface area contributed by atoms with Crippen molar-refractivity contribution < 1.29 is 123 Å². The normalized spacial score (nSPS) is 14.5. The van der Waals surface area contributed by atoms with E-state index < -0.39 is 93.9 Å². The monoisotopic (exact) mass is 2230 g/mol. The van der Waals surface area contributed by atoms with Crippen molar-refractivity contribution >= 4 is 208 Å². The molecule has 0 amide bonds. The number of carboxylic acids is 2. The molecule has 16 rings (SSSR count). The van der Waals surface area contributed by atoms with Gasteiger partial charge in [0.05, 0.1) is 42.2 Å². The van der Waals surface area contributed by atoms with Crippen LogP contribution in [0.2, 0.25) is 0 Å². The molecule has 0 spiro atoms. The maximum atomic E-state index is 12.1. The molecule has 0 atom stereocenters. The fourth-order valence-corrected chi connectivity index (χ4v) is 23.6. The average Bonchev–Trinajstić information content (AvgIpc) is 1.55. The number of carboxylic acid groups (broad SMARTS) is 2. The van der Waals surface area contributed by atoms with Gasteiger partial charge in [0.15, 0.2) is 0 Å². The summed E-state index contributed by atoms with van der Waals surface area (Å²) in [7, 11) is -33.1. The van der Waals surface area contributed by atoms with E-state index in [0.717, 1.165) is 84.3 Å². The van der Waals surface area contributed by atoms with Crippen molar-refractivity contribution in [2.45, 2.75) is 77.7 Å². The zero-order valence-electron chi connectivity index (χ0n) is 74.6. The van der Waals surface area contributed by atoms with Gasteiger partial charge in [0, 0.05) is 85.9 Å². The van der Waals surface area contributed by atoms with Gasteiger partial charge in [-0.05, 0) is 261 Å². The number of thiol groups is 1. The SMILES string of the molecule is O=C(O)Cc1ccc(S)cc1.O=C(O)Cc1ccc(SC2=C(/C=C/c3cc(-c4ccccc4)[s+]c(-c4cccc(S(=O)(=O)O)c4)c3)CC/C2=C\C=C2C=C(c3cccc(S(=O)(=O)O)c3)SC(c3cccc(S(=O)(=O)O)c3)=C2)cc1.O=S(=O)(O)c1cccc(C2=CC(=C/C=C3\CCC(/C=C/c4cc(-c5ccccc5)[s+]c(-c5cccc(S(=O)(=O)O)c5)c4)=C3Cl)C=C(c3cccc(S(=O)(=O)O)c3)S2)c1.O=S(=O)=O.O=S(=O)=O. The Morgan fingerprint density at radius 1 is 0.338 bits per heavy atom. The first-order valence-electron chi connectivity index (χ1n) is 42.1. The second kappa shape index (κ2) is 49.6. The predicted molar refractivity (Wildman–Crippen MR) is 568 cm³/mol. The topological polar surface area (TPSA) is 503 Å². The number of aliphatic carboxylic acids is 2. The molecule has 0 fully saturated rings. The second-order valence-electron chi connectivity index (χ2n) is 31.3. The molecule has 2 aliphatic heterocycles. The highest BCUT2D eigenvalue weighted by Gasteiger charge is 2.28. The number of halogens is 1.